The molecule has 2 atom stereocenters. The molecule has 4 rings (SSSR count). The first-order valence-electron chi connectivity index (χ1n) is 9.56. The topological polar surface area (TPSA) is 47.5 Å². The van der Waals surface area contributed by atoms with Crippen LogP contribution in [0, 0.1) is 13.8 Å². The van der Waals surface area contributed by atoms with Crippen molar-refractivity contribution in [1.29, 1.82) is 0 Å². The minimum atomic E-state index is 0.262. The molecule has 5 heteroatoms. The van der Waals surface area contributed by atoms with Gasteiger partial charge in [0.2, 0.25) is 0 Å². The Morgan fingerprint density at radius 1 is 1.08 bits per heavy atom. The van der Waals surface area contributed by atoms with Crippen LogP contribution in [0.2, 0.25) is 0 Å². The molecular formula is C21H27N3O2. The van der Waals surface area contributed by atoms with E-state index >= 15 is 0 Å². The lowest BCUT2D eigenvalue weighted by Gasteiger charge is -2.37. The van der Waals surface area contributed by atoms with Crippen LogP contribution >= 0.6 is 0 Å². The highest BCUT2D eigenvalue weighted by molar-refractivity contribution is 5.36. The van der Waals surface area contributed by atoms with Crippen molar-refractivity contribution in [2.24, 2.45) is 0 Å². The van der Waals surface area contributed by atoms with E-state index in [1.54, 1.807) is 0 Å². The number of nitrogens with zero attached hydrogens (tertiary/aromatic N) is 3. The average Bonchev–Trinajstić information content (AvgIpc) is 2.66. The Labute approximate surface area is 155 Å². The maximum absolute atomic E-state index is 5.66. The standard InChI is InChI=1S/C21H27N3O2/c1-14-11-18(12-15(2)22-14)17-5-4-8-24(13-17)16(3)19-6-7-20-21(23-19)26-10-9-25-20/h6-7,11-12,16-17H,4-5,8-10,13H2,1-3H3/t16-,17+/m0/s1. The molecule has 5 nitrogen and oxygen atoms in total. The van der Waals surface area contributed by atoms with Crippen LogP contribution in [-0.2, 0) is 0 Å². The summed E-state index contributed by atoms with van der Waals surface area (Å²) in [7, 11) is 0. The van der Waals surface area contributed by atoms with Gasteiger partial charge in [0.25, 0.3) is 5.88 Å². The Bertz CT molecular complexity index is 773. The Balaban J connectivity index is 1.52. The number of pyridine rings is 2. The molecule has 0 bridgehead atoms. The lowest BCUT2D eigenvalue weighted by Crippen LogP contribution is -2.36. The number of hydrogen-bond acceptors (Lipinski definition) is 5. The third-order valence-electron chi connectivity index (χ3n) is 5.43. The number of likely N-dealkylation sites (tertiary alicyclic amines) is 1. The molecule has 138 valence electrons. The van der Waals surface area contributed by atoms with E-state index in [1.165, 1.54) is 18.4 Å². The highest BCUT2D eigenvalue weighted by Gasteiger charge is 2.27. The van der Waals surface area contributed by atoms with E-state index < -0.39 is 0 Å². The molecule has 0 N–H and O–H groups in total. The van der Waals surface area contributed by atoms with Crippen molar-refractivity contribution in [3.8, 4) is 11.6 Å². The van der Waals surface area contributed by atoms with Crippen molar-refractivity contribution >= 4 is 0 Å². The van der Waals surface area contributed by atoms with E-state index in [0.29, 0.717) is 25.0 Å². The number of aryl methyl sites for hydroxylation is 2. The summed E-state index contributed by atoms with van der Waals surface area (Å²) in [5.74, 6) is 1.95. The fraction of sp³-hybridized carbons (Fsp3) is 0.524. The van der Waals surface area contributed by atoms with E-state index in [-0.39, 0.29) is 6.04 Å². The van der Waals surface area contributed by atoms with Crippen LogP contribution in [0.4, 0.5) is 0 Å². The molecule has 1 saturated heterocycles. The quantitative estimate of drug-likeness (QED) is 0.840. The second-order valence-electron chi connectivity index (χ2n) is 7.43. The molecule has 2 aromatic heterocycles. The second kappa shape index (κ2) is 7.23. The first kappa shape index (κ1) is 17.3. The summed E-state index contributed by atoms with van der Waals surface area (Å²) < 4.78 is 11.3. The Morgan fingerprint density at radius 2 is 1.85 bits per heavy atom. The number of ether oxygens (including phenoxy) is 2. The Hall–Kier alpha value is -2.14. The molecule has 26 heavy (non-hydrogen) atoms. The zero-order valence-corrected chi connectivity index (χ0v) is 15.9. The van der Waals surface area contributed by atoms with Gasteiger partial charge in [0, 0.05) is 24.0 Å². The fourth-order valence-electron chi connectivity index (χ4n) is 4.10. The summed E-state index contributed by atoms with van der Waals surface area (Å²) in [6, 6.07) is 8.81. The Morgan fingerprint density at radius 3 is 2.65 bits per heavy atom. The summed E-state index contributed by atoms with van der Waals surface area (Å²) >= 11 is 0. The molecule has 4 heterocycles. The first-order valence-corrected chi connectivity index (χ1v) is 9.56. The molecule has 2 aromatic rings. The van der Waals surface area contributed by atoms with Crippen LogP contribution < -0.4 is 9.47 Å². The van der Waals surface area contributed by atoms with E-state index in [0.717, 1.165) is 35.9 Å². The van der Waals surface area contributed by atoms with Crippen molar-refractivity contribution in [2.45, 2.75) is 45.6 Å². The number of piperidine rings is 1. The molecular weight excluding hydrogens is 326 g/mol. The van der Waals surface area contributed by atoms with Crippen molar-refractivity contribution in [1.82, 2.24) is 14.9 Å². The van der Waals surface area contributed by atoms with Crippen LogP contribution in [0.15, 0.2) is 24.3 Å². The monoisotopic (exact) mass is 353 g/mol. The smallest absolute Gasteiger partial charge is 0.257 e. The van der Waals surface area contributed by atoms with E-state index in [4.69, 9.17) is 14.5 Å². The lowest BCUT2D eigenvalue weighted by atomic mass is 9.89. The number of fused-ring (bicyclic) bond motifs is 1. The molecule has 0 spiro atoms. The molecule has 0 unspecified atom stereocenters. The van der Waals surface area contributed by atoms with Crippen LogP contribution in [0.5, 0.6) is 11.6 Å². The summed E-state index contributed by atoms with van der Waals surface area (Å²) in [6.45, 7) is 9.74. The summed E-state index contributed by atoms with van der Waals surface area (Å²) in [5, 5.41) is 0. The number of hydrogen-bond donors (Lipinski definition) is 0. The second-order valence-corrected chi connectivity index (χ2v) is 7.43. The minimum absolute atomic E-state index is 0.262. The predicted molar refractivity (Wildman–Crippen MR) is 101 cm³/mol. The molecule has 0 aromatic carbocycles. The van der Waals surface area contributed by atoms with Gasteiger partial charge in [-0.1, -0.05) is 0 Å². The molecule has 2 aliphatic heterocycles. The normalized spacial score (nSPS) is 21.4. The molecule has 0 radical (unpaired) electrons. The molecule has 0 saturated carbocycles. The molecule has 1 fully saturated rings. The van der Waals surface area contributed by atoms with Gasteiger partial charge in [-0.25, -0.2) is 4.98 Å². The van der Waals surface area contributed by atoms with E-state index in [9.17, 15) is 0 Å². The zero-order chi connectivity index (χ0) is 18.1. The number of aromatic nitrogens is 2. The summed E-state index contributed by atoms with van der Waals surface area (Å²) in [5.41, 5.74) is 4.69. The van der Waals surface area contributed by atoms with Crippen molar-refractivity contribution in [3.05, 3.63) is 46.9 Å². The van der Waals surface area contributed by atoms with Gasteiger partial charge in [-0.15, -0.1) is 0 Å². The van der Waals surface area contributed by atoms with E-state index in [2.05, 4.69) is 48.9 Å². The molecule has 0 amide bonds. The third-order valence-corrected chi connectivity index (χ3v) is 5.43. The van der Waals surface area contributed by atoms with Gasteiger partial charge in [-0.05, 0) is 75.9 Å². The highest BCUT2D eigenvalue weighted by atomic mass is 16.6. The summed E-state index contributed by atoms with van der Waals surface area (Å²) in [4.78, 5) is 11.8. The zero-order valence-electron chi connectivity index (χ0n) is 15.9. The Kier molecular flexibility index (Phi) is 4.81. The van der Waals surface area contributed by atoms with Gasteiger partial charge >= 0.3 is 0 Å². The van der Waals surface area contributed by atoms with Gasteiger partial charge in [-0.3, -0.25) is 9.88 Å². The van der Waals surface area contributed by atoms with Crippen LogP contribution in [-0.4, -0.2) is 41.2 Å². The van der Waals surface area contributed by atoms with Gasteiger partial charge < -0.3 is 9.47 Å². The van der Waals surface area contributed by atoms with Crippen molar-refractivity contribution in [2.75, 3.05) is 26.3 Å². The van der Waals surface area contributed by atoms with Crippen molar-refractivity contribution < 1.29 is 9.47 Å². The average molecular weight is 353 g/mol. The van der Waals surface area contributed by atoms with Crippen LogP contribution in [0.1, 0.15) is 54.4 Å². The summed E-state index contributed by atoms with van der Waals surface area (Å²) in [6.07, 6.45) is 2.45. The first-order chi connectivity index (χ1) is 12.6. The molecule has 0 aliphatic carbocycles. The lowest BCUT2D eigenvalue weighted by molar-refractivity contribution is 0.147. The largest absolute Gasteiger partial charge is 0.484 e. The van der Waals surface area contributed by atoms with Gasteiger partial charge in [-0.2, -0.15) is 0 Å². The maximum atomic E-state index is 5.66. The molecule has 2 aliphatic rings. The van der Waals surface area contributed by atoms with Gasteiger partial charge in [0.15, 0.2) is 5.75 Å². The predicted octanol–water partition coefficient (Wildman–Crippen LogP) is 3.81. The van der Waals surface area contributed by atoms with Crippen molar-refractivity contribution in [3.63, 3.8) is 0 Å². The van der Waals surface area contributed by atoms with Gasteiger partial charge in [0.1, 0.15) is 13.2 Å². The SMILES string of the molecule is Cc1cc([C@@H]2CCCN([C@@H](C)c3ccc4c(n3)OCCO4)C2)cc(C)n1. The van der Waals surface area contributed by atoms with Gasteiger partial charge in [0.05, 0.1) is 5.69 Å². The number of rotatable bonds is 3. The van der Waals surface area contributed by atoms with Crippen LogP contribution in [0.3, 0.4) is 0 Å². The van der Waals surface area contributed by atoms with E-state index in [1.807, 2.05) is 6.07 Å². The highest BCUT2D eigenvalue weighted by Crippen LogP contribution is 2.34. The fourth-order valence-corrected chi connectivity index (χ4v) is 4.10. The maximum Gasteiger partial charge on any atom is 0.257 e. The third kappa shape index (κ3) is 3.54. The van der Waals surface area contributed by atoms with Crippen LogP contribution in [0.25, 0.3) is 0 Å². The minimum Gasteiger partial charge on any atom is -0.484 e.